The molecule has 0 unspecified atom stereocenters. The maximum absolute atomic E-state index is 13.2. The van der Waals surface area contributed by atoms with Crippen LogP contribution in [0.15, 0.2) is 23.0 Å². The molecule has 8 nitrogen and oxygen atoms in total. The van der Waals surface area contributed by atoms with Crippen LogP contribution < -0.4 is 21.1 Å². The van der Waals surface area contributed by atoms with Crippen LogP contribution in [0.2, 0.25) is 0 Å². The molecule has 0 spiro atoms. The number of nitrogens with one attached hydrogen (secondary N) is 3. The number of carboxylic acid groups (broad SMARTS) is 1. The minimum Gasteiger partial charge on any atom is -0.465 e. The Morgan fingerprint density at radius 3 is 2.43 bits per heavy atom. The van der Waals surface area contributed by atoms with Gasteiger partial charge in [0.2, 0.25) is 0 Å². The second-order valence-electron chi connectivity index (χ2n) is 9.18. The number of terminal acetylenes is 1. The molecule has 0 radical (unpaired) electrons. The van der Waals surface area contributed by atoms with Crippen LogP contribution in [-0.4, -0.2) is 40.7 Å². The second kappa shape index (κ2) is 11.1. The van der Waals surface area contributed by atoms with Gasteiger partial charge in [0.05, 0.1) is 0 Å². The van der Waals surface area contributed by atoms with E-state index in [4.69, 9.17) is 11.5 Å². The number of aromatic amines is 1. The molecule has 1 heterocycles. The topological polar surface area (TPSA) is 115 Å². The summed E-state index contributed by atoms with van der Waals surface area (Å²) in [5.41, 5.74) is 4.75. The SMILES string of the molecule is C#Cc1cc(C(=O)NCc2c(C)cc(C)[nH]c2=O)c(C)c(N(CC)[C@H]2CC[C@H](NC(=O)O)CC2)c1. The summed E-state index contributed by atoms with van der Waals surface area (Å²) in [5.74, 6) is 2.38. The summed E-state index contributed by atoms with van der Waals surface area (Å²) < 4.78 is 0. The van der Waals surface area contributed by atoms with E-state index in [0.717, 1.165) is 54.7 Å². The third-order valence-electron chi connectivity index (χ3n) is 6.83. The van der Waals surface area contributed by atoms with Crippen molar-refractivity contribution >= 4 is 17.7 Å². The Morgan fingerprint density at radius 1 is 1.17 bits per heavy atom. The molecule has 1 aromatic heterocycles. The zero-order valence-electron chi connectivity index (χ0n) is 20.8. The van der Waals surface area contributed by atoms with E-state index in [2.05, 4.69) is 33.4 Å². The van der Waals surface area contributed by atoms with Crippen molar-refractivity contribution in [2.45, 2.75) is 72.0 Å². The summed E-state index contributed by atoms with van der Waals surface area (Å²) in [6, 6.07) is 5.72. The highest BCUT2D eigenvalue weighted by Gasteiger charge is 2.28. The molecule has 2 amide bonds. The molecule has 0 bridgehead atoms. The summed E-state index contributed by atoms with van der Waals surface area (Å²) in [6.07, 6.45) is 7.95. The van der Waals surface area contributed by atoms with Gasteiger partial charge in [-0.25, -0.2) is 4.79 Å². The molecule has 186 valence electrons. The molecule has 2 aromatic rings. The number of hydrogen-bond acceptors (Lipinski definition) is 4. The van der Waals surface area contributed by atoms with Gasteiger partial charge in [0.1, 0.15) is 0 Å². The maximum Gasteiger partial charge on any atom is 0.404 e. The number of nitrogens with zero attached hydrogens (tertiary/aromatic N) is 1. The van der Waals surface area contributed by atoms with Crippen molar-refractivity contribution in [1.82, 2.24) is 15.6 Å². The van der Waals surface area contributed by atoms with E-state index >= 15 is 0 Å². The predicted molar refractivity (Wildman–Crippen MR) is 137 cm³/mol. The number of pyridine rings is 1. The van der Waals surface area contributed by atoms with E-state index in [1.54, 1.807) is 6.07 Å². The minimum absolute atomic E-state index is 0.0321. The van der Waals surface area contributed by atoms with Crippen LogP contribution in [0.5, 0.6) is 0 Å². The normalized spacial score (nSPS) is 17.3. The number of anilines is 1. The first kappa shape index (κ1) is 25.9. The number of carbonyl (C=O) groups excluding carboxylic acids is 1. The van der Waals surface area contributed by atoms with Crippen molar-refractivity contribution in [3.63, 3.8) is 0 Å². The van der Waals surface area contributed by atoms with Crippen molar-refractivity contribution < 1.29 is 14.7 Å². The van der Waals surface area contributed by atoms with E-state index in [1.165, 1.54) is 0 Å². The lowest BCUT2D eigenvalue weighted by atomic mass is 9.89. The van der Waals surface area contributed by atoms with Gasteiger partial charge in [0.15, 0.2) is 0 Å². The summed E-state index contributed by atoms with van der Waals surface area (Å²) >= 11 is 0. The number of rotatable bonds is 7. The van der Waals surface area contributed by atoms with Gasteiger partial charge >= 0.3 is 6.09 Å². The average molecular weight is 479 g/mol. The lowest BCUT2D eigenvalue weighted by molar-refractivity contribution is 0.0950. The summed E-state index contributed by atoms with van der Waals surface area (Å²) in [5, 5.41) is 14.5. The molecule has 1 saturated carbocycles. The fraction of sp³-hybridized carbons (Fsp3) is 0.444. The fourth-order valence-electron chi connectivity index (χ4n) is 5.01. The van der Waals surface area contributed by atoms with Crippen LogP contribution in [-0.2, 0) is 6.54 Å². The van der Waals surface area contributed by atoms with Crippen LogP contribution in [0.25, 0.3) is 0 Å². The molecule has 1 aliphatic carbocycles. The predicted octanol–water partition coefficient (Wildman–Crippen LogP) is 3.62. The first-order valence-electron chi connectivity index (χ1n) is 12.0. The molecule has 4 N–H and O–H groups in total. The van der Waals surface area contributed by atoms with Gasteiger partial charge in [0, 0.05) is 53.2 Å². The number of hydrogen-bond donors (Lipinski definition) is 4. The van der Waals surface area contributed by atoms with Gasteiger partial charge in [-0.3, -0.25) is 9.59 Å². The number of benzene rings is 1. The maximum atomic E-state index is 13.2. The van der Waals surface area contributed by atoms with E-state index in [9.17, 15) is 14.4 Å². The van der Waals surface area contributed by atoms with Crippen molar-refractivity contribution in [2.24, 2.45) is 0 Å². The summed E-state index contributed by atoms with van der Waals surface area (Å²) in [7, 11) is 0. The highest BCUT2D eigenvalue weighted by molar-refractivity contribution is 5.97. The second-order valence-corrected chi connectivity index (χ2v) is 9.18. The zero-order chi connectivity index (χ0) is 25.7. The average Bonchev–Trinajstić information content (AvgIpc) is 2.80. The third kappa shape index (κ3) is 6.04. The van der Waals surface area contributed by atoms with Gasteiger partial charge in [0.25, 0.3) is 11.5 Å². The monoisotopic (exact) mass is 478 g/mol. The molecule has 1 fully saturated rings. The molecule has 8 heteroatoms. The van der Waals surface area contributed by atoms with Crippen molar-refractivity contribution in [3.8, 4) is 12.3 Å². The Morgan fingerprint density at radius 2 is 1.86 bits per heavy atom. The molecule has 0 aliphatic heterocycles. The van der Waals surface area contributed by atoms with E-state index in [-0.39, 0.29) is 30.1 Å². The van der Waals surface area contributed by atoms with E-state index in [0.29, 0.717) is 16.7 Å². The molecule has 3 rings (SSSR count). The molecule has 1 aliphatic rings. The van der Waals surface area contributed by atoms with Gasteiger partial charge < -0.3 is 25.6 Å². The van der Waals surface area contributed by atoms with E-state index in [1.807, 2.05) is 32.9 Å². The number of carbonyl (C=O) groups is 2. The Hall–Kier alpha value is -3.73. The zero-order valence-corrected chi connectivity index (χ0v) is 20.8. The number of aromatic nitrogens is 1. The van der Waals surface area contributed by atoms with Crippen LogP contribution in [0, 0.1) is 33.1 Å². The van der Waals surface area contributed by atoms with Crippen molar-refractivity contribution in [1.29, 1.82) is 0 Å². The largest absolute Gasteiger partial charge is 0.465 e. The molecule has 1 aromatic carbocycles. The van der Waals surface area contributed by atoms with Gasteiger partial charge in [-0.15, -0.1) is 6.42 Å². The Labute approximate surface area is 206 Å². The van der Waals surface area contributed by atoms with Crippen molar-refractivity contribution in [2.75, 3.05) is 11.4 Å². The summed E-state index contributed by atoms with van der Waals surface area (Å²) in [6.45, 7) is 8.50. The lowest BCUT2D eigenvalue weighted by Crippen LogP contribution is -2.44. The number of H-pyrrole nitrogens is 1. The first-order valence-corrected chi connectivity index (χ1v) is 12.0. The van der Waals surface area contributed by atoms with Gasteiger partial charge in [-0.1, -0.05) is 5.92 Å². The van der Waals surface area contributed by atoms with Crippen molar-refractivity contribution in [3.05, 3.63) is 62.1 Å². The van der Waals surface area contributed by atoms with Gasteiger partial charge in [-0.05, 0) is 82.7 Å². The van der Waals surface area contributed by atoms with Crippen LogP contribution in [0.3, 0.4) is 0 Å². The Bertz CT molecular complexity index is 1200. The Balaban J connectivity index is 1.84. The fourth-order valence-corrected chi connectivity index (χ4v) is 5.01. The molecule has 35 heavy (non-hydrogen) atoms. The molecule has 0 atom stereocenters. The first-order chi connectivity index (χ1) is 16.6. The summed E-state index contributed by atoms with van der Waals surface area (Å²) in [4.78, 5) is 41.6. The van der Waals surface area contributed by atoms with Crippen LogP contribution in [0.4, 0.5) is 10.5 Å². The number of amides is 2. The van der Waals surface area contributed by atoms with Crippen LogP contribution in [0.1, 0.15) is 70.9 Å². The lowest BCUT2D eigenvalue weighted by Gasteiger charge is -2.39. The minimum atomic E-state index is -0.989. The quantitative estimate of drug-likeness (QED) is 0.454. The number of aryl methyl sites for hydroxylation is 2. The highest BCUT2D eigenvalue weighted by atomic mass is 16.4. The van der Waals surface area contributed by atoms with Crippen LogP contribution >= 0.6 is 0 Å². The smallest absolute Gasteiger partial charge is 0.404 e. The van der Waals surface area contributed by atoms with E-state index < -0.39 is 6.09 Å². The molecular weight excluding hydrogens is 444 g/mol. The Kier molecular flexibility index (Phi) is 8.23. The molecular formula is C27H34N4O4. The standard InChI is InChI=1S/C27H34N4O4/c1-6-19-13-22(25(32)28-15-23-16(3)12-17(4)29-26(23)33)18(5)24(14-19)31(7-2)21-10-8-20(9-11-21)30-27(34)35/h1,12-14,20-21,30H,7-11,15H2,2-5H3,(H,28,32)(H,29,33)(H,34,35)/t20-,21-. The van der Waals surface area contributed by atoms with Gasteiger partial charge in [-0.2, -0.15) is 0 Å². The highest BCUT2D eigenvalue weighted by Crippen LogP contribution is 2.32. The third-order valence-corrected chi connectivity index (χ3v) is 6.83. The molecule has 0 saturated heterocycles.